The molecule has 1 amide bonds. The standard InChI is InChI=1S/C12H15N3OS/c1-8(11(16)13-2)17-12-14-9-6-4-5-7-10(9)15(12)3/h4-8H,1-3H3,(H,13,16). The zero-order chi connectivity index (χ0) is 12.4. The van der Waals surface area contributed by atoms with Crippen LogP contribution in [0.25, 0.3) is 11.0 Å². The molecule has 0 spiro atoms. The first kappa shape index (κ1) is 12.0. The number of hydrogen-bond donors (Lipinski definition) is 1. The number of fused-ring (bicyclic) bond motifs is 1. The van der Waals surface area contributed by atoms with Crippen molar-refractivity contribution in [2.45, 2.75) is 17.3 Å². The predicted molar refractivity (Wildman–Crippen MR) is 70.1 cm³/mol. The third-order valence-electron chi connectivity index (χ3n) is 2.64. The fourth-order valence-corrected chi connectivity index (χ4v) is 2.59. The normalized spacial score (nSPS) is 12.6. The number of nitrogens with zero attached hydrogens (tertiary/aromatic N) is 2. The molecule has 1 atom stereocenters. The Morgan fingerprint density at radius 1 is 1.47 bits per heavy atom. The van der Waals surface area contributed by atoms with Crippen LogP contribution in [0.1, 0.15) is 6.92 Å². The van der Waals surface area contributed by atoms with Crippen molar-refractivity contribution in [3.63, 3.8) is 0 Å². The van der Waals surface area contributed by atoms with Crippen molar-refractivity contribution in [3.05, 3.63) is 24.3 Å². The van der Waals surface area contributed by atoms with Crippen molar-refractivity contribution in [2.75, 3.05) is 7.05 Å². The number of imidazole rings is 1. The van der Waals surface area contributed by atoms with Crippen molar-refractivity contribution in [1.82, 2.24) is 14.9 Å². The Morgan fingerprint density at radius 2 is 2.18 bits per heavy atom. The van der Waals surface area contributed by atoms with Gasteiger partial charge in [0.1, 0.15) is 0 Å². The lowest BCUT2D eigenvalue weighted by atomic mass is 10.3. The van der Waals surface area contributed by atoms with Crippen LogP contribution in [0.5, 0.6) is 0 Å². The Balaban J connectivity index is 2.30. The van der Waals surface area contributed by atoms with Gasteiger partial charge in [-0.05, 0) is 19.1 Å². The number of amides is 1. The number of rotatable bonds is 3. The second-order valence-electron chi connectivity index (χ2n) is 3.82. The number of aryl methyl sites for hydroxylation is 1. The van der Waals surface area contributed by atoms with Gasteiger partial charge in [-0.1, -0.05) is 23.9 Å². The molecule has 1 N–H and O–H groups in total. The van der Waals surface area contributed by atoms with E-state index >= 15 is 0 Å². The third-order valence-corrected chi connectivity index (χ3v) is 3.79. The smallest absolute Gasteiger partial charge is 0.233 e. The Bertz CT molecular complexity index is 550. The van der Waals surface area contributed by atoms with Gasteiger partial charge in [0, 0.05) is 14.1 Å². The summed E-state index contributed by atoms with van der Waals surface area (Å²) in [7, 11) is 3.61. The number of para-hydroxylation sites is 2. The summed E-state index contributed by atoms with van der Waals surface area (Å²) in [6.07, 6.45) is 0. The molecule has 2 aromatic rings. The Labute approximate surface area is 104 Å². The van der Waals surface area contributed by atoms with Crippen molar-refractivity contribution in [1.29, 1.82) is 0 Å². The van der Waals surface area contributed by atoms with Gasteiger partial charge in [0.25, 0.3) is 0 Å². The molecule has 5 heteroatoms. The van der Waals surface area contributed by atoms with Crippen LogP contribution < -0.4 is 5.32 Å². The minimum atomic E-state index is -0.143. The van der Waals surface area contributed by atoms with E-state index in [4.69, 9.17) is 0 Å². The minimum absolute atomic E-state index is 0.0158. The fraction of sp³-hybridized carbons (Fsp3) is 0.333. The summed E-state index contributed by atoms with van der Waals surface area (Å²) in [5.74, 6) is 0.0158. The van der Waals surface area contributed by atoms with E-state index in [1.54, 1.807) is 7.05 Å². The van der Waals surface area contributed by atoms with Crippen molar-refractivity contribution in [2.24, 2.45) is 7.05 Å². The molecular formula is C12H15N3OS. The van der Waals surface area contributed by atoms with Crippen LogP contribution in [-0.2, 0) is 11.8 Å². The highest BCUT2D eigenvalue weighted by molar-refractivity contribution is 8.00. The van der Waals surface area contributed by atoms with Gasteiger partial charge in [0.05, 0.1) is 16.3 Å². The van der Waals surface area contributed by atoms with Crippen LogP contribution in [-0.4, -0.2) is 27.8 Å². The van der Waals surface area contributed by atoms with Crippen LogP contribution in [0, 0.1) is 0 Å². The summed E-state index contributed by atoms with van der Waals surface area (Å²) in [5.41, 5.74) is 2.04. The number of thioether (sulfide) groups is 1. The summed E-state index contributed by atoms with van der Waals surface area (Å²) in [6.45, 7) is 1.88. The fourth-order valence-electron chi connectivity index (χ4n) is 1.64. The molecular weight excluding hydrogens is 234 g/mol. The molecule has 0 aliphatic carbocycles. The zero-order valence-electron chi connectivity index (χ0n) is 10.1. The molecule has 1 unspecified atom stereocenters. The van der Waals surface area contributed by atoms with Crippen molar-refractivity contribution in [3.8, 4) is 0 Å². The van der Waals surface area contributed by atoms with E-state index in [2.05, 4.69) is 10.3 Å². The van der Waals surface area contributed by atoms with Gasteiger partial charge in [-0.25, -0.2) is 4.98 Å². The summed E-state index contributed by atoms with van der Waals surface area (Å²) in [5, 5.41) is 3.36. The number of carbonyl (C=O) groups is 1. The van der Waals surface area contributed by atoms with Crippen molar-refractivity contribution < 1.29 is 4.79 Å². The molecule has 1 heterocycles. The first-order valence-corrected chi connectivity index (χ1v) is 6.31. The minimum Gasteiger partial charge on any atom is -0.358 e. The van der Waals surface area contributed by atoms with Crippen LogP contribution in [0.3, 0.4) is 0 Å². The zero-order valence-corrected chi connectivity index (χ0v) is 10.9. The van der Waals surface area contributed by atoms with E-state index in [1.807, 2.05) is 42.8 Å². The largest absolute Gasteiger partial charge is 0.358 e. The second kappa shape index (κ2) is 4.79. The summed E-state index contributed by atoms with van der Waals surface area (Å²) in [6, 6.07) is 7.95. The highest BCUT2D eigenvalue weighted by atomic mass is 32.2. The van der Waals surface area contributed by atoms with Gasteiger partial charge in [-0.2, -0.15) is 0 Å². The van der Waals surface area contributed by atoms with Crippen LogP contribution in [0.15, 0.2) is 29.4 Å². The van der Waals surface area contributed by atoms with Gasteiger partial charge < -0.3 is 9.88 Å². The molecule has 0 bridgehead atoms. The Hall–Kier alpha value is -1.49. The number of aromatic nitrogens is 2. The number of carbonyl (C=O) groups excluding carboxylic acids is 1. The lowest BCUT2D eigenvalue weighted by Gasteiger charge is -2.08. The molecule has 0 aliphatic rings. The molecule has 0 saturated heterocycles. The van der Waals surface area contributed by atoms with Crippen LogP contribution >= 0.6 is 11.8 Å². The van der Waals surface area contributed by atoms with Gasteiger partial charge in [-0.15, -0.1) is 0 Å². The molecule has 90 valence electrons. The van der Waals surface area contributed by atoms with E-state index < -0.39 is 0 Å². The highest BCUT2D eigenvalue weighted by Crippen LogP contribution is 2.25. The molecule has 4 nitrogen and oxygen atoms in total. The number of nitrogens with one attached hydrogen (secondary N) is 1. The Morgan fingerprint density at radius 3 is 2.82 bits per heavy atom. The lowest BCUT2D eigenvalue weighted by Crippen LogP contribution is -2.27. The average Bonchev–Trinajstić information content (AvgIpc) is 2.66. The van der Waals surface area contributed by atoms with Crippen LogP contribution in [0.4, 0.5) is 0 Å². The Kier molecular flexibility index (Phi) is 3.38. The summed E-state index contributed by atoms with van der Waals surface area (Å²) < 4.78 is 2.01. The monoisotopic (exact) mass is 249 g/mol. The second-order valence-corrected chi connectivity index (χ2v) is 5.12. The summed E-state index contributed by atoms with van der Waals surface area (Å²) in [4.78, 5) is 16.0. The number of hydrogen-bond acceptors (Lipinski definition) is 3. The maximum atomic E-state index is 11.5. The molecule has 17 heavy (non-hydrogen) atoms. The van der Waals surface area contributed by atoms with Gasteiger partial charge in [0.15, 0.2) is 5.16 Å². The molecule has 0 fully saturated rings. The maximum Gasteiger partial charge on any atom is 0.233 e. The first-order valence-electron chi connectivity index (χ1n) is 5.43. The molecule has 1 aromatic heterocycles. The van der Waals surface area contributed by atoms with Gasteiger partial charge in [-0.3, -0.25) is 4.79 Å². The van der Waals surface area contributed by atoms with E-state index in [0.29, 0.717) is 0 Å². The van der Waals surface area contributed by atoms with Gasteiger partial charge in [0.2, 0.25) is 5.91 Å². The quantitative estimate of drug-likeness (QED) is 0.844. The molecule has 0 radical (unpaired) electrons. The molecule has 0 saturated carbocycles. The molecule has 2 rings (SSSR count). The van der Waals surface area contributed by atoms with Crippen LogP contribution in [0.2, 0.25) is 0 Å². The van der Waals surface area contributed by atoms with Crippen molar-refractivity contribution >= 4 is 28.7 Å². The van der Waals surface area contributed by atoms with E-state index in [9.17, 15) is 4.79 Å². The predicted octanol–water partition coefficient (Wildman–Crippen LogP) is 1.80. The molecule has 1 aromatic carbocycles. The SMILES string of the molecule is CNC(=O)C(C)Sc1nc2ccccc2n1C. The highest BCUT2D eigenvalue weighted by Gasteiger charge is 2.16. The number of benzene rings is 1. The lowest BCUT2D eigenvalue weighted by molar-refractivity contribution is -0.119. The van der Waals surface area contributed by atoms with E-state index in [0.717, 1.165) is 16.2 Å². The maximum absolute atomic E-state index is 11.5. The topological polar surface area (TPSA) is 46.9 Å². The summed E-state index contributed by atoms with van der Waals surface area (Å²) >= 11 is 1.47. The average molecular weight is 249 g/mol. The third kappa shape index (κ3) is 2.29. The van der Waals surface area contributed by atoms with E-state index in [1.165, 1.54) is 11.8 Å². The van der Waals surface area contributed by atoms with E-state index in [-0.39, 0.29) is 11.2 Å². The van der Waals surface area contributed by atoms with Gasteiger partial charge >= 0.3 is 0 Å². The first-order chi connectivity index (χ1) is 8.13. The molecule has 0 aliphatic heterocycles.